The maximum absolute atomic E-state index is 12.4. The number of rotatable bonds is 10. The molecule has 0 unspecified atom stereocenters. The van der Waals surface area contributed by atoms with Gasteiger partial charge in [0, 0.05) is 18.7 Å². The van der Waals surface area contributed by atoms with Gasteiger partial charge in [-0.2, -0.15) is 0 Å². The molecule has 2 heterocycles. The van der Waals surface area contributed by atoms with E-state index < -0.39 is 0 Å². The largest absolute Gasteiger partial charge is 0.467 e. The van der Waals surface area contributed by atoms with Gasteiger partial charge in [-0.15, -0.1) is 0 Å². The molecule has 1 aliphatic rings. The summed E-state index contributed by atoms with van der Waals surface area (Å²) in [5.74, 6) is 2.30. The summed E-state index contributed by atoms with van der Waals surface area (Å²) >= 11 is 0. The number of aliphatic imine (C=N–C) groups is 1. The molecule has 3 rings (SSSR count). The van der Waals surface area contributed by atoms with Crippen LogP contribution in [-0.2, 0) is 13.1 Å². The number of guanidine groups is 1. The van der Waals surface area contributed by atoms with E-state index in [0.717, 1.165) is 49.3 Å². The fraction of sp³-hybridized carbons (Fsp3) is 0.520. The van der Waals surface area contributed by atoms with Gasteiger partial charge in [0.05, 0.1) is 19.4 Å². The molecule has 3 N–H and O–H groups in total. The molecular formula is C25H37N5O2. The van der Waals surface area contributed by atoms with Crippen molar-refractivity contribution in [2.45, 2.75) is 46.2 Å². The van der Waals surface area contributed by atoms with Crippen LogP contribution >= 0.6 is 0 Å². The highest BCUT2D eigenvalue weighted by molar-refractivity contribution is 5.94. The Balaban J connectivity index is 1.45. The summed E-state index contributed by atoms with van der Waals surface area (Å²) in [6.45, 7) is 10.6. The zero-order chi connectivity index (χ0) is 22.6. The lowest BCUT2D eigenvalue weighted by atomic mass is 9.99. The fourth-order valence-corrected chi connectivity index (χ4v) is 3.80. The van der Waals surface area contributed by atoms with E-state index in [9.17, 15) is 4.79 Å². The number of likely N-dealkylation sites (tertiary alicyclic amines) is 1. The summed E-state index contributed by atoms with van der Waals surface area (Å²) in [5, 5.41) is 9.62. The number of benzene rings is 1. The molecule has 0 aliphatic carbocycles. The number of nitrogens with zero attached hydrogens (tertiary/aromatic N) is 2. The average Bonchev–Trinajstić information content (AvgIpc) is 3.33. The van der Waals surface area contributed by atoms with E-state index >= 15 is 0 Å². The van der Waals surface area contributed by atoms with Gasteiger partial charge in [0.25, 0.3) is 5.91 Å². The van der Waals surface area contributed by atoms with Gasteiger partial charge >= 0.3 is 0 Å². The molecule has 1 aliphatic heterocycles. The molecule has 1 aromatic heterocycles. The van der Waals surface area contributed by atoms with Crippen LogP contribution in [0.4, 0.5) is 0 Å². The zero-order valence-corrected chi connectivity index (χ0v) is 19.4. The van der Waals surface area contributed by atoms with Crippen molar-refractivity contribution in [1.82, 2.24) is 20.9 Å². The highest BCUT2D eigenvalue weighted by Gasteiger charge is 2.14. The van der Waals surface area contributed by atoms with Crippen molar-refractivity contribution in [2.24, 2.45) is 10.9 Å². The van der Waals surface area contributed by atoms with Gasteiger partial charge in [-0.25, -0.2) is 4.99 Å². The molecule has 7 nitrogen and oxygen atoms in total. The smallest absolute Gasteiger partial charge is 0.251 e. The monoisotopic (exact) mass is 439 g/mol. The van der Waals surface area contributed by atoms with Gasteiger partial charge in [0.15, 0.2) is 5.96 Å². The molecule has 0 spiro atoms. The van der Waals surface area contributed by atoms with Gasteiger partial charge in [-0.1, -0.05) is 19.1 Å². The summed E-state index contributed by atoms with van der Waals surface area (Å²) in [6, 6.07) is 11.2. The third-order valence-corrected chi connectivity index (χ3v) is 5.78. The Morgan fingerprint density at radius 3 is 2.75 bits per heavy atom. The van der Waals surface area contributed by atoms with Gasteiger partial charge in [-0.3, -0.25) is 4.79 Å². The molecule has 1 fully saturated rings. The molecule has 1 saturated heterocycles. The van der Waals surface area contributed by atoms with Crippen molar-refractivity contribution in [3.8, 4) is 0 Å². The second kappa shape index (κ2) is 12.9. The van der Waals surface area contributed by atoms with Crippen molar-refractivity contribution in [3.05, 3.63) is 59.5 Å². The molecule has 0 saturated carbocycles. The SMILES string of the molecule is CCNC(=NCc1cccc(C(=O)NCc2ccco2)c1)NCCCN1CCC(C)CC1. The first-order valence-electron chi connectivity index (χ1n) is 11.8. The number of amides is 1. The Morgan fingerprint density at radius 2 is 2.00 bits per heavy atom. The van der Waals surface area contributed by atoms with E-state index in [1.54, 1.807) is 6.26 Å². The predicted molar refractivity (Wildman–Crippen MR) is 129 cm³/mol. The third-order valence-electron chi connectivity index (χ3n) is 5.78. The van der Waals surface area contributed by atoms with Crippen molar-refractivity contribution in [2.75, 3.05) is 32.7 Å². The Hall–Kier alpha value is -2.80. The highest BCUT2D eigenvalue weighted by atomic mass is 16.3. The lowest BCUT2D eigenvalue weighted by Crippen LogP contribution is -2.39. The Labute approximate surface area is 191 Å². The number of piperidine rings is 1. The average molecular weight is 440 g/mol. The van der Waals surface area contributed by atoms with E-state index in [-0.39, 0.29) is 5.91 Å². The Morgan fingerprint density at radius 1 is 1.16 bits per heavy atom. The molecule has 0 radical (unpaired) electrons. The maximum atomic E-state index is 12.4. The topological polar surface area (TPSA) is 81.9 Å². The summed E-state index contributed by atoms with van der Waals surface area (Å²) in [5.41, 5.74) is 1.62. The van der Waals surface area contributed by atoms with Crippen molar-refractivity contribution < 1.29 is 9.21 Å². The quantitative estimate of drug-likeness (QED) is 0.300. The van der Waals surface area contributed by atoms with E-state index in [2.05, 4.69) is 34.7 Å². The van der Waals surface area contributed by atoms with Crippen LogP contribution in [0.1, 0.15) is 54.8 Å². The van der Waals surface area contributed by atoms with Crippen LogP contribution < -0.4 is 16.0 Å². The van der Waals surface area contributed by atoms with E-state index in [4.69, 9.17) is 9.41 Å². The van der Waals surface area contributed by atoms with Crippen LogP contribution in [0.15, 0.2) is 52.1 Å². The van der Waals surface area contributed by atoms with E-state index in [1.807, 2.05) is 36.4 Å². The van der Waals surface area contributed by atoms with Crippen molar-refractivity contribution in [1.29, 1.82) is 0 Å². The fourth-order valence-electron chi connectivity index (χ4n) is 3.80. The third kappa shape index (κ3) is 8.04. The Kier molecular flexibility index (Phi) is 9.62. The molecule has 0 atom stereocenters. The van der Waals surface area contributed by atoms with Gasteiger partial charge in [0.1, 0.15) is 5.76 Å². The number of hydrogen-bond donors (Lipinski definition) is 3. The molecule has 1 aromatic carbocycles. The molecule has 0 bridgehead atoms. The number of furan rings is 1. The summed E-state index contributed by atoms with van der Waals surface area (Å²) < 4.78 is 5.26. The van der Waals surface area contributed by atoms with Gasteiger partial charge in [-0.05, 0) is 81.6 Å². The maximum Gasteiger partial charge on any atom is 0.251 e. The first kappa shape index (κ1) is 23.9. The van der Waals surface area contributed by atoms with Crippen molar-refractivity contribution in [3.63, 3.8) is 0 Å². The summed E-state index contributed by atoms with van der Waals surface area (Å²) in [4.78, 5) is 19.7. The minimum atomic E-state index is -0.121. The van der Waals surface area contributed by atoms with Crippen LogP contribution in [0.5, 0.6) is 0 Å². The predicted octanol–water partition coefficient (Wildman–Crippen LogP) is 3.39. The first-order valence-corrected chi connectivity index (χ1v) is 11.8. The standard InChI is InChI=1S/C25H37N5O2/c1-3-26-25(27-12-6-13-30-14-10-20(2)11-15-30)29-18-21-7-4-8-22(17-21)24(31)28-19-23-9-5-16-32-23/h4-5,7-9,16-17,20H,3,6,10-15,18-19H2,1-2H3,(H,28,31)(H2,26,27,29). The molecule has 1 amide bonds. The van der Waals surface area contributed by atoms with E-state index in [0.29, 0.717) is 18.7 Å². The van der Waals surface area contributed by atoms with Gasteiger partial charge in [0.2, 0.25) is 0 Å². The van der Waals surface area contributed by atoms with Crippen LogP contribution in [0.25, 0.3) is 0 Å². The molecule has 174 valence electrons. The highest BCUT2D eigenvalue weighted by Crippen LogP contribution is 2.15. The number of carbonyl (C=O) groups excluding carboxylic acids is 1. The van der Waals surface area contributed by atoms with Crippen LogP contribution in [0.2, 0.25) is 0 Å². The minimum absolute atomic E-state index is 0.121. The van der Waals surface area contributed by atoms with Crippen LogP contribution in [0, 0.1) is 5.92 Å². The number of carbonyl (C=O) groups is 1. The number of nitrogens with one attached hydrogen (secondary N) is 3. The van der Waals surface area contributed by atoms with Gasteiger partial charge < -0.3 is 25.3 Å². The second-order valence-corrected chi connectivity index (χ2v) is 8.46. The lowest BCUT2D eigenvalue weighted by molar-refractivity contribution is 0.0948. The zero-order valence-electron chi connectivity index (χ0n) is 19.4. The van der Waals surface area contributed by atoms with Crippen LogP contribution in [-0.4, -0.2) is 49.5 Å². The molecule has 7 heteroatoms. The molecule has 32 heavy (non-hydrogen) atoms. The molecular weight excluding hydrogens is 402 g/mol. The van der Waals surface area contributed by atoms with Crippen LogP contribution in [0.3, 0.4) is 0 Å². The minimum Gasteiger partial charge on any atom is -0.467 e. The lowest BCUT2D eigenvalue weighted by Gasteiger charge is -2.30. The Bertz CT molecular complexity index is 842. The molecule has 2 aromatic rings. The normalized spacial score (nSPS) is 15.5. The summed E-state index contributed by atoms with van der Waals surface area (Å²) in [7, 11) is 0. The summed E-state index contributed by atoms with van der Waals surface area (Å²) in [6.07, 6.45) is 5.34. The first-order chi connectivity index (χ1) is 15.6. The van der Waals surface area contributed by atoms with Crippen molar-refractivity contribution >= 4 is 11.9 Å². The van der Waals surface area contributed by atoms with E-state index in [1.165, 1.54) is 25.9 Å². The number of hydrogen-bond acceptors (Lipinski definition) is 4. The second-order valence-electron chi connectivity index (χ2n) is 8.46.